The van der Waals surface area contributed by atoms with Crippen LogP contribution in [0.4, 0.5) is 0 Å². The maximum absolute atomic E-state index is 6.49. The van der Waals surface area contributed by atoms with Crippen LogP contribution in [-0.4, -0.2) is 33.8 Å². The number of aromatic nitrogens is 4. The Labute approximate surface area is 212 Å². The quantitative estimate of drug-likeness (QED) is 0.233. The van der Waals surface area contributed by atoms with Crippen LogP contribution < -0.4 is 14.2 Å². The molecule has 2 aromatic carbocycles. The molecule has 8 nitrogen and oxygen atoms in total. The van der Waals surface area contributed by atoms with Crippen LogP contribution in [0, 0.1) is 0 Å². The molecular formula is C24H17ClN4O4S2. The van der Waals surface area contributed by atoms with Gasteiger partial charge < -0.3 is 18.6 Å². The van der Waals surface area contributed by atoms with E-state index in [-0.39, 0.29) is 6.61 Å². The van der Waals surface area contributed by atoms with E-state index in [1.807, 2.05) is 48.5 Å². The van der Waals surface area contributed by atoms with Crippen LogP contribution in [0.1, 0.15) is 5.69 Å². The SMILES string of the molecule is COc1cc(OCc2nc(-c3ccccc3)sc2Cl)c2cc(-c3cnc4sc(OC)nn34)oc2c1. The molecule has 0 atom stereocenters. The Bertz CT molecular complexity index is 1650. The zero-order valence-electron chi connectivity index (χ0n) is 18.5. The minimum Gasteiger partial charge on any atom is -0.496 e. The number of hydrogen-bond donors (Lipinski definition) is 0. The van der Waals surface area contributed by atoms with Gasteiger partial charge in [-0.15, -0.1) is 16.4 Å². The van der Waals surface area contributed by atoms with E-state index in [0.717, 1.165) is 16.0 Å². The van der Waals surface area contributed by atoms with Gasteiger partial charge >= 0.3 is 0 Å². The first kappa shape index (κ1) is 21.9. The monoisotopic (exact) mass is 524 g/mol. The maximum atomic E-state index is 6.49. The van der Waals surface area contributed by atoms with Gasteiger partial charge in [-0.05, 0) is 17.4 Å². The summed E-state index contributed by atoms with van der Waals surface area (Å²) in [5.41, 5.74) is 3.00. The van der Waals surface area contributed by atoms with Crippen molar-refractivity contribution in [2.45, 2.75) is 6.61 Å². The molecule has 11 heteroatoms. The Morgan fingerprint density at radius 2 is 1.91 bits per heavy atom. The van der Waals surface area contributed by atoms with Crippen LogP contribution in [-0.2, 0) is 6.61 Å². The number of fused-ring (bicyclic) bond motifs is 2. The zero-order valence-corrected chi connectivity index (χ0v) is 20.9. The lowest BCUT2D eigenvalue weighted by Gasteiger charge is -2.08. The molecule has 0 aliphatic rings. The molecule has 0 N–H and O–H groups in total. The Hall–Kier alpha value is -3.60. The second-order valence-corrected chi connectivity index (χ2v) is 9.97. The summed E-state index contributed by atoms with van der Waals surface area (Å²) in [7, 11) is 3.17. The van der Waals surface area contributed by atoms with E-state index in [1.54, 1.807) is 24.9 Å². The van der Waals surface area contributed by atoms with Crippen molar-refractivity contribution in [1.82, 2.24) is 19.6 Å². The molecule has 0 saturated carbocycles. The fourth-order valence-electron chi connectivity index (χ4n) is 3.64. The van der Waals surface area contributed by atoms with Gasteiger partial charge in [-0.3, -0.25) is 0 Å². The summed E-state index contributed by atoms with van der Waals surface area (Å²) in [5.74, 6) is 1.80. The van der Waals surface area contributed by atoms with Crippen LogP contribution in [0.3, 0.4) is 0 Å². The van der Waals surface area contributed by atoms with Crippen molar-refractivity contribution >= 4 is 50.2 Å². The van der Waals surface area contributed by atoms with Gasteiger partial charge in [0.25, 0.3) is 5.19 Å². The van der Waals surface area contributed by atoms with Gasteiger partial charge in [-0.25, -0.2) is 9.97 Å². The van der Waals surface area contributed by atoms with Crippen LogP contribution in [0.5, 0.6) is 16.7 Å². The van der Waals surface area contributed by atoms with Gasteiger partial charge in [0.1, 0.15) is 44.4 Å². The minimum absolute atomic E-state index is 0.200. The van der Waals surface area contributed by atoms with Crippen molar-refractivity contribution in [3.8, 4) is 38.7 Å². The summed E-state index contributed by atoms with van der Waals surface area (Å²) in [5, 5.41) is 6.57. The van der Waals surface area contributed by atoms with E-state index < -0.39 is 0 Å². The Balaban J connectivity index is 1.34. The number of methoxy groups -OCH3 is 2. The van der Waals surface area contributed by atoms with Gasteiger partial charge in [-0.2, -0.15) is 4.52 Å². The van der Waals surface area contributed by atoms with Crippen LogP contribution in [0.2, 0.25) is 4.34 Å². The van der Waals surface area contributed by atoms with E-state index in [0.29, 0.717) is 48.7 Å². The van der Waals surface area contributed by atoms with E-state index in [2.05, 4.69) is 15.1 Å². The highest BCUT2D eigenvalue weighted by Crippen LogP contribution is 2.39. The average Bonchev–Trinajstić information content (AvgIpc) is 3.65. The fourth-order valence-corrected chi connectivity index (χ4v) is 5.46. The number of imidazole rings is 1. The largest absolute Gasteiger partial charge is 0.496 e. The van der Waals surface area contributed by atoms with Gasteiger partial charge in [0.05, 0.1) is 25.8 Å². The van der Waals surface area contributed by atoms with Crippen LogP contribution in [0.25, 0.3) is 38.0 Å². The van der Waals surface area contributed by atoms with Gasteiger partial charge in [0.15, 0.2) is 5.76 Å². The molecule has 0 amide bonds. The average molecular weight is 525 g/mol. The molecule has 4 heterocycles. The predicted molar refractivity (Wildman–Crippen MR) is 136 cm³/mol. The molecule has 0 fully saturated rings. The molecule has 0 spiro atoms. The highest BCUT2D eigenvalue weighted by atomic mass is 35.5. The third-order valence-electron chi connectivity index (χ3n) is 5.34. The van der Waals surface area contributed by atoms with E-state index in [1.165, 1.54) is 22.7 Å². The lowest BCUT2D eigenvalue weighted by molar-refractivity contribution is 0.303. The van der Waals surface area contributed by atoms with E-state index >= 15 is 0 Å². The summed E-state index contributed by atoms with van der Waals surface area (Å²) in [4.78, 5) is 9.80. The molecule has 0 aliphatic carbocycles. The van der Waals surface area contributed by atoms with Crippen molar-refractivity contribution in [3.05, 3.63) is 64.8 Å². The first-order valence-electron chi connectivity index (χ1n) is 10.5. The highest BCUT2D eigenvalue weighted by Gasteiger charge is 2.19. The molecule has 0 saturated heterocycles. The highest BCUT2D eigenvalue weighted by molar-refractivity contribution is 7.19. The van der Waals surface area contributed by atoms with Crippen molar-refractivity contribution in [3.63, 3.8) is 0 Å². The normalized spacial score (nSPS) is 11.4. The molecule has 0 bridgehead atoms. The lowest BCUT2D eigenvalue weighted by atomic mass is 10.2. The number of thiazole rings is 1. The van der Waals surface area contributed by atoms with Crippen LogP contribution in [0.15, 0.2) is 59.1 Å². The molecule has 0 radical (unpaired) electrons. The standard InChI is InChI=1S/C24H17ClN4O4S2/c1-30-14-8-18(32-12-16-21(25)34-22(27-16)13-6-4-3-5-7-13)15-10-20(33-19(15)9-14)17-11-26-23-29(17)28-24(31-2)35-23/h3-11H,12H2,1-2H3. The number of hydrogen-bond acceptors (Lipinski definition) is 9. The van der Waals surface area contributed by atoms with Crippen molar-refractivity contribution in [1.29, 1.82) is 0 Å². The van der Waals surface area contributed by atoms with Gasteiger partial charge in [-0.1, -0.05) is 41.9 Å². The number of halogens is 1. The zero-order chi connectivity index (χ0) is 23.9. The minimum atomic E-state index is 0.200. The van der Waals surface area contributed by atoms with Gasteiger partial charge in [0.2, 0.25) is 4.96 Å². The van der Waals surface area contributed by atoms with Crippen LogP contribution >= 0.6 is 34.3 Å². The van der Waals surface area contributed by atoms with Gasteiger partial charge in [0, 0.05) is 17.7 Å². The summed E-state index contributed by atoms with van der Waals surface area (Å²) in [6.45, 7) is 0.200. The predicted octanol–water partition coefficient (Wildman–Crippen LogP) is 6.58. The molecule has 176 valence electrons. The number of rotatable bonds is 7. The first-order chi connectivity index (χ1) is 17.1. The Morgan fingerprint density at radius 3 is 2.71 bits per heavy atom. The smallest absolute Gasteiger partial charge is 0.294 e. The second-order valence-electron chi connectivity index (χ2n) is 7.45. The molecule has 0 aliphatic heterocycles. The lowest BCUT2D eigenvalue weighted by Crippen LogP contribution is -1.97. The number of ether oxygens (including phenoxy) is 3. The molecule has 35 heavy (non-hydrogen) atoms. The molecular weight excluding hydrogens is 508 g/mol. The fraction of sp³-hybridized carbons (Fsp3) is 0.125. The van der Waals surface area contributed by atoms with E-state index in [4.69, 9.17) is 30.2 Å². The van der Waals surface area contributed by atoms with E-state index in [9.17, 15) is 0 Å². The summed E-state index contributed by atoms with van der Waals surface area (Å²) in [6, 6.07) is 15.5. The van der Waals surface area contributed by atoms with Crippen molar-refractivity contribution in [2.24, 2.45) is 0 Å². The third kappa shape index (κ3) is 3.99. The molecule has 4 aromatic heterocycles. The summed E-state index contributed by atoms with van der Waals surface area (Å²) in [6.07, 6.45) is 1.72. The number of nitrogens with zero attached hydrogens (tertiary/aromatic N) is 4. The summed E-state index contributed by atoms with van der Waals surface area (Å²) >= 11 is 9.26. The molecule has 6 rings (SSSR count). The second kappa shape index (κ2) is 8.88. The summed E-state index contributed by atoms with van der Waals surface area (Å²) < 4.78 is 25.3. The Morgan fingerprint density at radius 1 is 1.06 bits per heavy atom. The molecule has 6 aromatic rings. The third-order valence-corrected chi connectivity index (χ3v) is 7.61. The first-order valence-corrected chi connectivity index (χ1v) is 12.5. The topological polar surface area (TPSA) is 83.9 Å². The Kier molecular flexibility index (Phi) is 5.56. The van der Waals surface area contributed by atoms with Crippen molar-refractivity contribution < 1.29 is 18.6 Å². The number of furan rings is 1. The molecule has 0 unspecified atom stereocenters. The van der Waals surface area contributed by atoms with Crippen molar-refractivity contribution in [2.75, 3.05) is 14.2 Å². The number of benzene rings is 2. The maximum Gasteiger partial charge on any atom is 0.294 e.